The number of hydrogen-bond acceptors (Lipinski definition) is 3. The van der Waals surface area contributed by atoms with Gasteiger partial charge in [-0.3, -0.25) is 4.79 Å². The standard InChI is InChI=1S/C8H12O2S/c9-4-1-5-11-8-3-2-7(10)6-8/h6,9H,1-5H2. The Hall–Kier alpha value is -0.280. The first kappa shape index (κ1) is 8.81. The molecule has 11 heavy (non-hydrogen) atoms. The fraction of sp³-hybridized carbons (Fsp3) is 0.625. The van der Waals surface area contributed by atoms with E-state index in [1.54, 1.807) is 17.8 Å². The highest BCUT2D eigenvalue weighted by molar-refractivity contribution is 8.03. The quantitative estimate of drug-likeness (QED) is 0.650. The number of aliphatic hydroxyl groups is 1. The topological polar surface area (TPSA) is 37.3 Å². The summed E-state index contributed by atoms with van der Waals surface area (Å²) in [6.45, 7) is 0.244. The van der Waals surface area contributed by atoms with Crippen LogP contribution in [-0.4, -0.2) is 23.2 Å². The van der Waals surface area contributed by atoms with Crippen molar-refractivity contribution >= 4 is 17.5 Å². The van der Waals surface area contributed by atoms with Gasteiger partial charge in [-0.05, 0) is 29.6 Å². The second kappa shape index (κ2) is 4.57. The van der Waals surface area contributed by atoms with Gasteiger partial charge < -0.3 is 5.11 Å². The highest BCUT2D eigenvalue weighted by Crippen LogP contribution is 2.26. The minimum absolute atomic E-state index is 0.244. The van der Waals surface area contributed by atoms with Crippen molar-refractivity contribution in [3.63, 3.8) is 0 Å². The third-order valence-electron chi connectivity index (χ3n) is 1.53. The summed E-state index contributed by atoms with van der Waals surface area (Å²) in [4.78, 5) is 11.9. The Bertz CT molecular complexity index is 175. The van der Waals surface area contributed by atoms with Crippen molar-refractivity contribution in [3.8, 4) is 0 Å². The van der Waals surface area contributed by atoms with E-state index in [2.05, 4.69) is 0 Å². The largest absolute Gasteiger partial charge is 0.396 e. The number of ketones is 1. The third-order valence-corrected chi connectivity index (χ3v) is 2.72. The van der Waals surface area contributed by atoms with Gasteiger partial charge in [-0.1, -0.05) is 0 Å². The van der Waals surface area contributed by atoms with Crippen molar-refractivity contribution < 1.29 is 9.90 Å². The molecule has 0 saturated heterocycles. The number of carbonyl (C=O) groups excluding carboxylic acids is 1. The predicted octanol–water partition coefficient (Wildman–Crippen LogP) is 1.35. The molecule has 1 N–H and O–H groups in total. The maximum Gasteiger partial charge on any atom is 0.156 e. The molecule has 0 unspecified atom stereocenters. The van der Waals surface area contributed by atoms with E-state index >= 15 is 0 Å². The summed E-state index contributed by atoms with van der Waals surface area (Å²) in [7, 11) is 0. The zero-order valence-electron chi connectivity index (χ0n) is 6.38. The molecular weight excluding hydrogens is 160 g/mol. The fourth-order valence-electron chi connectivity index (χ4n) is 0.952. The molecule has 0 aliphatic heterocycles. The van der Waals surface area contributed by atoms with E-state index in [1.807, 2.05) is 0 Å². The molecule has 1 aliphatic carbocycles. The fourth-order valence-corrected chi connectivity index (χ4v) is 1.95. The Morgan fingerprint density at radius 2 is 2.36 bits per heavy atom. The lowest BCUT2D eigenvalue weighted by Crippen LogP contribution is -1.85. The lowest BCUT2D eigenvalue weighted by Gasteiger charge is -1.97. The predicted molar refractivity (Wildman–Crippen MR) is 46.5 cm³/mol. The van der Waals surface area contributed by atoms with Gasteiger partial charge in [0.15, 0.2) is 5.78 Å². The minimum Gasteiger partial charge on any atom is -0.396 e. The van der Waals surface area contributed by atoms with Crippen molar-refractivity contribution in [1.29, 1.82) is 0 Å². The zero-order chi connectivity index (χ0) is 8.10. The first-order chi connectivity index (χ1) is 5.33. The minimum atomic E-state index is 0.244. The van der Waals surface area contributed by atoms with Crippen molar-refractivity contribution in [2.24, 2.45) is 0 Å². The monoisotopic (exact) mass is 172 g/mol. The number of thioether (sulfide) groups is 1. The number of allylic oxidation sites excluding steroid dienone is 2. The van der Waals surface area contributed by atoms with Crippen LogP contribution in [0.4, 0.5) is 0 Å². The Balaban J connectivity index is 2.17. The van der Waals surface area contributed by atoms with Crippen LogP contribution in [0.1, 0.15) is 19.3 Å². The van der Waals surface area contributed by atoms with Gasteiger partial charge >= 0.3 is 0 Å². The second-order valence-electron chi connectivity index (χ2n) is 2.50. The smallest absolute Gasteiger partial charge is 0.156 e. The van der Waals surface area contributed by atoms with Crippen LogP contribution in [0.25, 0.3) is 0 Å². The molecule has 1 aliphatic rings. The molecule has 0 fully saturated rings. The summed E-state index contributed by atoms with van der Waals surface area (Å²) >= 11 is 1.69. The van der Waals surface area contributed by atoms with E-state index in [0.717, 1.165) is 18.6 Å². The number of aliphatic hydroxyl groups excluding tert-OH is 1. The van der Waals surface area contributed by atoms with Crippen LogP contribution in [0.2, 0.25) is 0 Å². The molecule has 2 nitrogen and oxygen atoms in total. The zero-order valence-corrected chi connectivity index (χ0v) is 7.19. The first-order valence-corrected chi connectivity index (χ1v) is 4.78. The normalized spacial score (nSPS) is 17.2. The van der Waals surface area contributed by atoms with E-state index in [9.17, 15) is 4.79 Å². The molecule has 0 spiro atoms. The summed E-state index contributed by atoms with van der Waals surface area (Å²) in [5.41, 5.74) is 0. The van der Waals surface area contributed by atoms with Gasteiger partial charge in [-0.25, -0.2) is 0 Å². The summed E-state index contributed by atoms with van der Waals surface area (Å²) < 4.78 is 0. The molecule has 0 saturated carbocycles. The molecule has 0 aromatic heterocycles. The third kappa shape index (κ3) is 3.08. The van der Waals surface area contributed by atoms with Crippen molar-refractivity contribution in [1.82, 2.24) is 0 Å². The van der Waals surface area contributed by atoms with Gasteiger partial charge in [0.2, 0.25) is 0 Å². The Morgan fingerprint density at radius 3 is 2.91 bits per heavy atom. The average Bonchev–Trinajstić information content (AvgIpc) is 2.37. The van der Waals surface area contributed by atoms with Crippen molar-refractivity contribution in [3.05, 3.63) is 11.0 Å². The van der Waals surface area contributed by atoms with Gasteiger partial charge in [0.05, 0.1) is 0 Å². The number of carbonyl (C=O) groups is 1. The Kier molecular flexibility index (Phi) is 3.66. The van der Waals surface area contributed by atoms with Gasteiger partial charge in [-0.2, -0.15) is 0 Å². The van der Waals surface area contributed by atoms with Crippen LogP contribution < -0.4 is 0 Å². The molecule has 0 atom stereocenters. The molecule has 0 heterocycles. The van der Waals surface area contributed by atoms with Crippen LogP contribution in [0.3, 0.4) is 0 Å². The summed E-state index contributed by atoms with van der Waals surface area (Å²) in [6, 6.07) is 0. The Morgan fingerprint density at radius 1 is 1.55 bits per heavy atom. The van der Waals surface area contributed by atoms with Crippen LogP contribution >= 0.6 is 11.8 Å². The molecule has 0 aromatic carbocycles. The van der Waals surface area contributed by atoms with E-state index in [4.69, 9.17) is 5.11 Å². The lowest BCUT2D eigenvalue weighted by atomic mass is 10.3. The van der Waals surface area contributed by atoms with Gasteiger partial charge in [0, 0.05) is 13.0 Å². The Labute approximate surface area is 70.7 Å². The second-order valence-corrected chi connectivity index (χ2v) is 3.72. The van der Waals surface area contributed by atoms with Gasteiger partial charge in [0.25, 0.3) is 0 Å². The van der Waals surface area contributed by atoms with E-state index in [-0.39, 0.29) is 12.4 Å². The van der Waals surface area contributed by atoms with Gasteiger partial charge in [-0.15, -0.1) is 11.8 Å². The molecule has 62 valence electrons. The molecule has 0 radical (unpaired) electrons. The summed E-state index contributed by atoms with van der Waals surface area (Å²) in [6.07, 6.45) is 4.13. The highest BCUT2D eigenvalue weighted by Gasteiger charge is 2.11. The van der Waals surface area contributed by atoms with Crippen molar-refractivity contribution in [2.75, 3.05) is 12.4 Å². The maximum absolute atomic E-state index is 10.7. The molecule has 1 rings (SSSR count). The maximum atomic E-state index is 10.7. The highest BCUT2D eigenvalue weighted by atomic mass is 32.2. The molecule has 0 bridgehead atoms. The molecule has 0 amide bonds. The van der Waals surface area contributed by atoms with Crippen LogP contribution in [0.15, 0.2) is 11.0 Å². The van der Waals surface area contributed by atoms with Crippen molar-refractivity contribution in [2.45, 2.75) is 19.3 Å². The molecular formula is C8H12O2S. The van der Waals surface area contributed by atoms with E-state index in [0.29, 0.717) is 6.42 Å². The number of rotatable bonds is 4. The lowest BCUT2D eigenvalue weighted by molar-refractivity contribution is -0.114. The van der Waals surface area contributed by atoms with Crippen LogP contribution in [0.5, 0.6) is 0 Å². The molecule has 3 heteroatoms. The summed E-state index contributed by atoms with van der Waals surface area (Å²) in [5, 5.41) is 8.49. The molecule has 0 aromatic rings. The first-order valence-electron chi connectivity index (χ1n) is 3.80. The average molecular weight is 172 g/mol. The van der Waals surface area contributed by atoms with Crippen LogP contribution in [-0.2, 0) is 4.79 Å². The van der Waals surface area contributed by atoms with E-state index < -0.39 is 0 Å². The van der Waals surface area contributed by atoms with Crippen LogP contribution in [0, 0.1) is 0 Å². The van der Waals surface area contributed by atoms with E-state index in [1.165, 1.54) is 4.91 Å². The van der Waals surface area contributed by atoms with Gasteiger partial charge in [0.1, 0.15) is 0 Å². The number of hydrogen-bond donors (Lipinski definition) is 1. The summed E-state index contributed by atoms with van der Waals surface area (Å²) in [5.74, 6) is 1.17. The SMILES string of the molecule is O=C1C=C(SCCCO)CC1.